The average molecular weight is 523 g/mol. The van der Waals surface area contributed by atoms with Gasteiger partial charge in [-0.1, -0.05) is 51.4 Å². The Labute approximate surface area is 204 Å². The van der Waals surface area contributed by atoms with Crippen LogP contribution in [-0.4, -0.2) is 19.4 Å². The lowest BCUT2D eigenvalue weighted by molar-refractivity contribution is 0.459. The van der Waals surface area contributed by atoms with Crippen LogP contribution in [0.15, 0.2) is 69.7 Å². The molecule has 0 radical (unpaired) electrons. The lowest BCUT2D eigenvalue weighted by Crippen LogP contribution is -2.42. The summed E-state index contributed by atoms with van der Waals surface area (Å²) in [5.74, 6) is 0. The van der Waals surface area contributed by atoms with Crippen molar-refractivity contribution in [3.05, 3.63) is 82.1 Å². The minimum absolute atomic E-state index is 0.329. The highest BCUT2D eigenvalue weighted by Crippen LogP contribution is 2.35. The smallest absolute Gasteiger partial charge is 0.168 e. The third-order valence-corrected chi connectivity index (χ3v) is 7.27. The van der Waals surface area contributed by atoms with Gasteiger partial charge in [0.05, 0.1) is 6.04 Å². The standard InChI is InChI=1S/C25H23BrN4O2S/c1-25(2,3)33(31)30-22(14-17-7-6-8-18(15-27)28-17)19-9-4-5-10-20(19)24-21-12-11-16(26)13-23(21)32-29-24/h4-13,22,30H,14H2,1-3H3/t22?,33-/m0/s1. The Hall–Kier alpha value is -2.70. The normalized spacial score (nSPS) is 13.6. The van der Waals surface area contributed by atoms with E-state index in [2.05, 4.69) is 36.9 Å². The van der Waals surface area contributed by atoms with Crippen LogP contribution in [0.1, 0.15) is 43.8 Å². The van der Waals surface area contributed by atoms with Crippen molar-refractivity contribution in [3.63, 3.8) is 0 Å². The Morgan fingerprint density at radius 3 is 2.70 bits per heavy atom. The van der Waals surface area contributed by atoms with E-state index in [0.29, 0.717) is 17.7 Å². The predicted molar refractivity (Wildman–Crippen MR) is 134 cm³/mol. The molecule has 2 aromatic carbocycles. The van der Waals surface area contributed by atoms with Crippen molar-refractivity contribution in [2.45, 2.75) is 38.0 Å². The summed E-state index contributed by atoms with van der Waals surface area (Å²) >= 11 is 2.14. The molecule has 4 rings (SSSR count). The van der Waals surface area contributed by atoms with E-state index in [1.54, 1.807) is 6.07 Å². The maximum atomic E-state index is 13.1. The van der Waals surface area contributed by atoms with Crippen molar-refractivity contribution in [1.82, 2.24) is 14.9 Å². The molecule has 2 heterocycles. The molecule has 0 saturated carbocycles. The van der Waals surface area contributed by atoms with Gasteiger partial charge < -0.3 is 9.08 Å². The first-order valence-corrected chi connectivity index (χ1v) is 12.4. The predicted octanol–water partition coefficient (Wildman–Crippen LogP) is 5.86. The van der Waals surface area contributed by atoms with Crippen molar-refractivity contribution in [2.75, 3.05) is 0 Å². The number of hydrogen-bond acceptors (Lipinski definition) is 6. The van der Waals surface area contributed by atoms with Gasteiger partial charge in [-0.3, -0.25) is 0 Å². The van der Waals surface area contributed by atoms with E-state index >= 15 is 0 Å². The highest BCUT2D eigenvalue weighted by Gasteiger charge is 2.31. The number of aromatic nitrogens is 2. The minimum Gasteiger partial charge on any atom is -0.598 e. The molecule has 0 fully saturated rings. The summed E-state index contributed by atoms with van der Waals surface area (Å²) in [6.07, 6.45) is 0.454. The molecule has 0 aliphatic heterocycles. The molecule has 1 unspecified atom stereocenters. The molecular weight excluding hydrogens is 500 g/mol. The molecule has 0 aliphatic rings. The first kappa shape index (κ1) is 23.5. The summed E-state index contributed by atoms with van der Waals surface area (Å²) in [5, 5.41) is 14.5. The SMILES string of the molecule is CC(C)(C)[S@+]([O-])NC(Cc1cccc(C#N)n1)c1ccccc1-c1noc2cc(Br)ccc12. The molecule has 33 heavy (non-hydrogen) atoms. The van der Waals surface area contributed by atoms with Crippen LogP contribution in [0.25, 0.3) is 22.2 Å². The monoisotopic (exact) mass is 522 g/mol. The molecule has 0 bridgehead atoms. The zero-order valence-corrected chi connectivity index (χ0v) is 20.9. The summed E-state index contributed by atoms with van der Waals surface area (Å²) in [6.45, 7) is 5.78. The third kappa shape index (κ3) is 5.28. The molecule has 0 spiro atoms. The van der Waals surface area contributed by atoms with Crippen LogP contribution >= 0.6 is 15.9 Å². The first-order chi connectivity index (χ1) is 15.8. The van der Waals surface area contributed by atoms with E-state index in [1.165, 1.54) is 0 Å². The lowest BCUT2D eigenvalue weighted by Gasteiger charge is -2.29. The third-order valence-electron chi connectivity index (χ3n) is 5.17. The Morgan fingerprint density at radius 1 is 1.15 bits per heavy atom. The van der Waals surface area contributed by atoms with Gasteiger partial charge in [-0.2, -0.15) is 5.26 Å². The van der Waals surface area contributed by atoms with Crippen LogP contribution in [0.5, 0.6) is 0 Å². The minimum atomic E-state index is -1.33. The van der Waals surface area contributed by atoms with Gasteiger partial charge in [0, 0.05) is 38.9 Å². The van der Waals surface area contributed by atoms with Gasteiger partial charge in [-0.25, -0.2) is 4.98 Å². The lowest BCUT2D eigenvalue weighted by atomic mass is 9.94. The number of nitriles is 1. The summed E-state index contributed by atoms with van der Waals surface area (Å²) in [5.41, 5.74) is 4.31. The van der Waals surface area contributed by atoms with Crippen molar-refractivity contribution >= 4 is 38.3 Å². The van der Waals surface area contributed by atoms with Crippen LogP contribution in [0.2, 0.25) is 0 Å². The van der Waals surface area contributed by atoms with Gasteiger partial charge in [0.15, 0.2) is 5.58 Å². The van der Waals surface area contributed by atoms with E-state index in [9.17, 15) is 9.81 Å². The molecule has 2 aromatic heterocycles. The molecule has 2 atom stereocenters. The van der Waals surface area contributed by atoms with Crippen LogP contribution in [-0.2, 0) is 17.8 Å². The number of rotatable bonds is 6. The molecule has 1 N–H and O–H groups in total. The fourth-order valence-corrected chi connectivity index (χ4v) is 4.67. The van der Waals surface area contributed by atoms with Gasteiger partial charge in [-0.15, -0.1) is 4.72 Å². The molecule has 0 aliphatic carbocycles. The van der Waals surface area contributed by atoms with E-state index in [4.69, 9.17) is 4.52 Å². The maximum absolute atomic E-state index is 13.1. The summed E-state index contributed by atoms with van der Waals surface area (Å²) in [6, 6.07) is 20.8. The number of pyridine rings is 1. The Balaban J connectivity index is 1.80. The van der Waals surface area contributed by atoms with Crippen molar-refractivity contribution in [3.8, 4) is 17.3 Å². The van der Waals surface area contributed by atoms with Crippen LogP contribution < -0.4 is 4.72 Å². The van der Waals surface area contributed by atoms with E-state index in [-0.39, 0.29) is 6.04 Å². The molecule has 4 aromatic rings. The molecule has 6 nitrogen and oxygen atoms in total. The number of fused-ring (bicyclic) bond motifs is 1. The van der Waals surface area contributed by atoms with Gasteiger partial charge in [0.1, 0.15) is 22.2 Å². The quantitative estimate of drug-likeness (QED) is 0.318. The van der Waals surface area contributed by atoms with Crippen molar-refractivity contribution in [2.24, 2.45) is 0 Å². The Bertz CT molecular complexity index is 1330. The molecule has 0 amide bonds. The summed E-state index contributed by atoms with van der Waals surface area (Å²) in [7, 11) is 0. The Morgan fingerprint density at radius 2 is 1.94 bits per heavy atom. The second-order valence-corrected chi connectivity index (χ2v) is 11.6. The molecular formula is C25H23BrN4O2S. The number of benzene rings is 2. The number of nitrogens with zero attached hydrogens (tertiary/aromatic N) is 3. The Kier molecular flexibility index (Phi) is 6.86. The number of nitrogens with one attached hydrogen (secondary N) is 1. The summed E-state index contributed by atoms with van der Waals surface area (Å²) in [4.78, 5) is 4.44. The number of hydrogen-bond donors (Lipinski definition) is 1. The van der Waals surface area contributed by atoms with E-state index in [0.717, 1.165) is 32.4 Å². The fraction of sp³-hybridized carbons (Fsp3) is 0.240. The molecule has 168 valence electrons. The van der Waals surface area contributed by atoms with Crippen LogP contribution in [0.3, 0.4) is 0 Å². The van der Waals surface area contributed by atoms with Gasteiger partial charge in [0.25, 0.3) is 0 Å². The van der Waals surface area contributed by atoms with Gasteiger partial charge in [0.2, 0.25) is 0 Å². The van der Waals surface area contributed by atoms with Crippen LogP contribution in [0.4, 0.5) is 0 Å². The number of halogens is 1. The van der Waals surface area contributed by atoms with Crippen LogP contribution in [0, 0.1) is 11.3 Å². The first-order valence-electron chi connectivity index (χ1n) is 10.4. The maximum Gasteiger partial charge on any atom is 0.168 e. The largest absolute Gasteiger partial charge is 0.598 e. The molecule has 0 saturated heterocycles. The fourth-order valence-electron chi connectivity index (χ4n) is 3.51. The summed E-state index contributed by atoms with van der Waals surface area (Å²) < 4.78 is 22.4. The van der Waals surface area contributed by atoms with E-state index in [1.807, 2.05) is 75.4 Å². The second kappa shape index (κ2) is 9.65. The van der Waals surface area contributed by atoms with E-state index < -0.39 is 16.1 Å². The van der Waals surface area contributed by atoms with Crippen molar-refractivity contribution < 1.29 is 9.08 Å². The molecule has 8 heteroatoms. The second-order valence-electron chi connectivity index (χ2n) is 8.64. The topological polar surface area (TPSA) is 97.8 Å². The zero-order chi connectivity index (χ0) is 23.6. The van der Waals surface area contributed by atoms with Crippen molar-refractivity contribution in [1.29, 1.82) is 5.26 Å². The van der Waals surface area contributed by atoms with Gasteiger partial charge >= 0.3 is 0 Å². The average Bonchev–Trinajstić information content (AvgIpc) is 3.21. The highest BCUT2D eigenvalue weighted by atomic mass is 79.9. The highest BCUT2D eigenvalue weighted by molar-refractivity contribution is 9.10. The zero-order valence-electron chi connectivity index (χ0n) is 18.5. The van der Waals surface area contributed by atoms with Gasteiger partial charge in [-0.05, 0) is 56.7 Å².